The zero-order valence-electron chi connectivity index (χ0n) is 15.0. The van der Waals surface area contributed by atoms with Crippen LogP contribution in [0.1, 0.15) is 12.0 Å². The average Bonchev–Trinajstić information content (AvgIpc) is 2.65. The van der Waals surface area contributed by atoms with Gasteiger partial charge in [-0.3, -0.25) is 14.5 Å². The van der Waals surface area contributed by atoms with Gasteiger partial charge in [-0.1, -0.05) is 23.7 Å². The van der Waals surface area contributed by atoms with Crippen LogP contribution in [0.15, 0.2) is 36.4 Å². The molecule has 0 aromatic heterocycles. The van der Waals surface area contributed by atoms with Crippen LogP contribution >= 0.6 is 11.6 Å². The van der Waals surface area contributed by atoms with Crippen LogP contribution in [0.5, 0.6) is 5.75 Å². The maximum absolute atomic E-state index is 12.6. The first-order valence-electron chi connectivity index (χ1n) is 8.88. The Morgan fingerprint density at radius 3 is 2.96 bits per heavy atom. The number of hydrogen-bond acceptors (Lipinski definition) is 4. The van der Waals surface area contributed by atoms with Crippen molar-refractivity contribution in [1.82, 2.24) is 0 Å². The number of nitrogens with zero attached hydrogens (tertiary/aromatic N) is 2. The summed E-state index contributed by atoms with van der Waals surface area (Å²) in [6.45, 7) is 0.778. The highest BCUT2D eigenvalue weighted by atomic mass is 35.5. The van der Waals surface area contributed by atoms with E-state index in [4.69, 9.17) is 16.3 Å². The quantitative estimate of drug-likeness (QED) is 0.882. The van der Waals surface area contributed by atoms with Gasteiger partial charge in [-0.15, -0.1) is 0 Å². The molecule has 27 heavy (non-hydrogen) atoms. The molecule has 0 spiro atoms. The normalized spacial score (nSPS) is 15.7. The summed E-state index contributed by atoms with van der Waals surface area (Å²) in [7, 11) is 2.05. The number of carbonyl (C=O) groups excluding carboxylic acids is 2. The van der Waals surface area contributed by atoms with Crippen LogP contribution < -0.4 is 19.9 Å². The summed E-state index contributed by atoms with van der Waals surface area (Å²) >= 11 is 6.13. The highest BCUT2D eigenvalue weighted by molar-refractivity contribution is 6.32. The van der Waals surface area contributed by atoms with E-state index in [9.17, 15) is 9.59 Å². The molecule has 6 nitrogen and oxygen atoms in total. The highest BCUT2D eigenvalue weighted by Gasteiger charge is 2.28. The Balaban J connectivity index is 1.51. The molecule has 4 rings (SSSR count). The number of benzene rings is 2. The molecule has 140 valence electrons. The van der Waals surface area contributed by atoms with Crippen molar-refractivity contribution in [2.75, 3.05) is 41.9 Å². The number of ether oxygens (including phenoxy) is 1. The van der Waals surface area contributed by atoms with Gasteiger partial charge in [-0.05, 0) is 42.7 Å². The molecular formula is C20H20ClN3O3. The maximum Gasteiger partial charge on any atom is 0.265 e. The largest absolute Gasteiger partial charge is 0.480 e. The Morgan fingerprint density at radius 1 is 1.26 bits per heavy atom. The SMILES string of the molecule is CN1CCCc2ccc(NC(=O)CN3C(=O)COc4c(Cl)cccc43)cc21. The van der Waals surface area contributed by atoms with Crippen molar-refractivity contribution in [2.24, 2.45) is 0 Å². The lowest BCUT2D eigenvalue weighted by Crippen LogP contribution is -2.43. The van der Waals surface area contributed by atoms with Crippen LogP contribution in [0.25, 0.3) is 0 Å². The second-order valence-corrected chi connectivity index (χ2v) is 7.18. The fourth-order valence-corrected chi connectivity index (χ4v) is 3.78. The summed E-state index contributed by atoms with van der Waals surface area (Å²) in [6.07, 6.45) is 2.18. The lowest BCUT2D eigenvalue weighted by Gasteiger charge is -2.30. The summed E-state index contributed by atoms with van der Waals surface area (Å²) in [5, 5.41) is 3.31. The van der Waals surface area contributed by atoms with Crippen LogP contribution in [-0.4, -0.2) is 38.6 Å². The zero-order chi connectivity index (χ0) is 19.0. The van der Waals surface area contributed by atoms with Gasteiger partial charge in [0.25, 0.3) is 5.91 Å². The van der Waals surface area contributed by atoms with Crippen molar-refractivity contribution >= 4 is 40.5 Å². The fourth-order valence-electron chi connectivity index (χ4n) is 3.55. The monoisotopic (exact) mass is 385 g/mol. The van der Waals surface area contributed by atoms with Crippen LogP contribution in [0.4, 0.5) is 17.1 Å². The van der Waals surface area contributed by atoms with Crippen molar-refractivity contribution in [3.8, 4) is 5.75 Å². The Kier molecular flexibility index (Phi) is 4.66. The summed E-state index contributed by atoms with van der Waals surface area (Å²) < 4.78 is 5.41. The average molecular weight is 386 g/mol. The van der Waals surface area contributed by atoms with E-state index in [2.05, 4.69) is 23.3 Å². The molecule has 2 aromatic carbocycles. The standard InChI is InChI=1S/C20H20ClN3O3/c1-23-9-3-4-13-7-8-14(10-17(13)23)22-18(25)11-24-16-6-2-5-15(21)20(16)27-12-19(24)26/h2,5-8,10H,3-4,9,11-12H2,1H3,(H,22,25). The van der Waals surface area contributed by atoms with E-state index in [1.165, 1.54) is 10.5 Å². The number of para-hydroxylation sites is 1. The number of carbonyl (C=O) groups is 2. The number of fused-ring (bicyclic) bond motifs is 2. The van der Waals surface area contributed by atoms with Gasteiger partial charge in [-0.2, -0.15) is 0 Å². The van der Waals surface area contributed by atoms with E-state index in [-0.39, 0.29) is 25.0 Å². The summed E-state index contributed by atoms with van der Waals surface area (Å²) in [6, 6.07) is 11.1. The van der Waals surface area contributed by atoms with Gasteiger partial charge in [0.15, 0.2) is 12.4 Å². The molecule has 2 aromatic rings. The molecule has 7 heteroatoms. The molecule has 0 bridgehead atoms. The Labute approximate surface area is 162 Å². The molecule has 1 N–H and O–H groups in total. The lowest BCUT2D eigenvalue weighted by atomic mass is 10.0. The number of aryl methyl sites for hydroxylation is 1. The molecular weight excluding hydrogens is 366 g/mol. The molecule has 0 atom stereocenters. The molecule has 0 unspecified atom stereocenters. The number of amides is 2. The van der Waals surface area contributed by atoms with E-state index in [1.807, 2.05) is 12.1 Å². The molecule has 0 fully saturated rings. The van der Waals surface area contributed by atoms with E-state index in [0.29, 0.717) is 16.5 Å². The first kappa shape index (κ1) is 17.7. The number of hydrogen-bond donors (Lipinski definition) is 1. The van der Waals surface area contributed by atoms with Crippen LogP contribution in [0, 0.1) is 0 Å². The van der Waals surface area contributed by atoms with Crippen molar-refractivity contribution in [3.05, 3.63) is 47.0 Å². The number of rotatable bonds is 3. The minimum absolute atomic E-state index is 0.0948. The predicted octanol–water partition coefficient (Wildman–Crippen LogP) is 3.09. The van der Waals surface area contributed by atoms with E-state index >= 15 is 0 Å². The second kappa shape index (κ2) is 7.12. The topological polar surface area (TPSA) is 61.9 Å². The van der Waals surface area contributed by atoms with E-state index in [1.54, 1.807) is 18.2 Å². The molecule has 2 aliphatic rings. The maximum atomic E-state index is 12.6. The van der Waals surface area contributed by atoms with Gasteiger partial charge in [0.05, 0.1) is 10.7 Å². The first-order valence-corrected chi connectivity index (χ1v) is 9.26. The van der Waals surface area contributed by atoms with E-state index < -0.39 is 0 Å². The molecule has 2 aliphatic heterocycles. The number of anilines is 3. The minimum Gasteiger partial charge on any atom is -0.480 e. The predicted molar refractivity (Wildman–Crippen MR) is 106 cm³/mol. The Bertz CT molecular complexity index is 915. The zero-order valence-corrected chi connectivity index (χ0v) is 15.8. The lowest BCUT2D eigenvalue weighted by molar-refractivity contribution is -0.123. The Morgan fingerprint density at radius 2 is 2.11 bits per heavy atom. The van der Waals surface area contributed by atoms with Gasteiger partial charge in [-0.25, -0.2) is 0 Å². The summed E-state index contributed by atoms with van der Waals surface area (Å²) in [4.78, 5) is 28.4. The van der Waals surface area contributed by atoms with Crippen LogP contribution in [0.2, 0.25) is 5.02 Å². The van der Waals surface area contributed by atoms with Crippen molar-refractivity contribution in [1.29, 1.82) is 0 Å². The molecule has 0 radical (unpaired) electrons. The highest BCUT2D eigenvalue weighted by Crippen LogP contribution is 2.38. The fraction of sp³-hybridized carbons (Fsp3) is 0.300. The van der Waals surface area contributed by atoms with Crippen LogP contribution in [0.3, 0.4) is 0 Å². The van der Waals surface area contributed by atoms with Gasteiger partial charge in [0.2, 0.25) is 5.91 Å². The summed E-state index contributed by atoms with van der Waals surface area (Å²) in [5.74, 6) is -0.110. The minimum atomic E-state index is -0.273. The second-order valence-electron chi connectivity index (χ2n) is 6.77. The Hall–Kier alpha value is -2.73. The van der Waals surface area contributed by atoms with Crippen molar-refractivity contribution in [3.63, 3.8) is 0 Å². The summed E-state index contributed by atoms with van der Waals surface area (Å²) in [5.41, 5.74) is 3.66. The third-order valence-electron chi connectivity index (χ3n) is 4.90. The smallest absolute Gasteiger partial charge is 0.265 e. The molecule has 2 heterocycles. The third kappa shape index (κ3) is 3.45. The van der Waals surface area contributed by atoms with Gasteiger partial charge in [0, 0.05) is 25.0 Å². The molecule has 0 aliphatic carbocycles. The van der Waals surface area contributed by atoms with Gasteiger partial charge in [0.1, 0.15) is 6.54 Å². The van der Waals surface area contributed by atoms with E-state index in [0.717, 1.165) is 30.8 Å². The van der Waals surface area contributed by atoms with Crippen molar-refractivity contribution < 1.29 is 14.3 Å². The van der Waals surface area contributed by atoms with Crippen LogP contribution in [-0.2, 0) is 16.0 Å². The number of halogens is 1. The van der Waals surface area contributed by atoms with Gasteiger partial charge >= 0.3 is 0 Å². The first-order chi connectivity index (χ1) is 13.0. The van der Waals surface area contributed by atoms with Crippen molar-refractivity contribution in [2.45, 2.75) is 12.8 Å². The molecule has 0 saturated heterocycles. The molecule has 0 saturated carbocycles. The molecule has 2 amide bonds. The number of nitrogens with one attached hydrogen (secondary N) is 1. The third-order valence-corrected chi connectivity index (χ3v) is 5.20. The van der Waals surface area contributed by atoms with Gasteiger partial charge < -0.3 is 15.0 Å².